The van der Waals surface area contributed by atoms with Gasteiger partial charge in [-0.25, -0.2) is 4.79 Å². The molecule has 7 nitrogen and oxygen atoms in total. The van der Waals surface area contributed by atoms with E-state index < -0.39 is 6.03 Å². The van der Waals surface area contributed by atoms with Crippen LogP contribution in [0, 0.1) is 0 Å². The van der Waals surface area contributed by atoms with Gasteiger partial charge in [-0.05, 0) is 0 Å². The molecule has 3 amide bonds. The number of nitrogen functional groups attached to an aromatic ring is 1. The minimum absolute atomic E-state index is 0.264. The predicted octanol–water partition coefficient (Wildman–Crippen LogP) is -0.551. The molecule has 0 atom stereocenters. The summed E-state index contributed by atoms with van der Waals surface area (Å²) in [6, 6.07) is 1.14. The van der Waals surface area contributed by atoms with E-state index in [2.05, 4.69) is 10.4 Å². The molecule has 1 aromatic heterocycles. The van der Waals surface area contributed by atoms with Gasteiger partial charge >= 0.3 is 6.03 Å². The third-order valence-corrected chi connectivity index (χ3v) is 2.23. The number of nitrogens with zero attached hydrogens (tertiary/aromatic N) is 3. The second-order valence-corrected chi connectivity index (χ2v) is 3.31. The normalized spacial score (nSPS) is 16.7. The highest BCUT2D eigenvalue weighted by atomic mass is 16.2. The Balaban J connectivity index is 2.24. The summed E-state index contributed by atoms with van der Waals surface area (Å²) in [6.45, 7) is 0.334. The molecule has 1 aliphatic heterocycles. The molecule has 3 N–H and O–H groups in total. The molecule has 2 rings (SSSR count). The summed E-state index contributed by atoms with van der Waals surface area (Å²) in [6.07, 6.45) is 0.280. The molecule has 1 aromatic rings. The third-order valence-electron chi connectivity index (χ3n) is 2.23. The van der Waals surface area contributed by atoms with Crippen molar-refractivity contribution < 1.29 is 9.59 Å². The molecular formula is C8H11N5O2. The second-order valence-electron chi connectivity index (χ2n) is 3.31. The average molecular weight is 209 g/mol. The quantitative estimate of drug-likeness (QED) is 0.648. The van der Waals surface area contributed by atoms with Gasteiger partial charge in [0.1, 0.15) is 5.82 Å². The number of rotatable bonds is 1. The number of aromatic nitrogens is 2. The van der Waals surface area contributed by atoms with Gasteiger partial charge in [0.05, 0.1) is 0 Å². The van der Waals surface area contributed by atoms with Crippen LogP contribution in [0.2, 0.25) is 0 Å². The SMILES string of the molecule is Cn1nc(N2CCC(=O)NC2=O)cc1N. The Labute approximate surface area is 85.8 Å². The number of hydrogen-bond donors (Lipinski definition) is 2. The maximum absolute atomic E-state index is 11.4. The van der Waals surface area contributed by atoms with Crippen molar-refractivity contribution >= 4 is 23.6 Å². The number of carbonyl (C=O) groups is 2. The van der Waals surface area contributed by atoms with Gasteiger partial charge in [0.15, 0.2) is 5.82 Å². The van der Waals surface area contributed by atoms with Crippen molar-refractivity contribution in [2.24, 2.45) is 7.05 Å². The monoisotopic (exact) mass is 209 g/mol. The van der Waals surface area contributed by atoms with Crippen LogP contribution in [0.3, 0.4) is 0 Å². The minimum Gasteiger partial charge on any atom is -0.384 e. The van der Waals surface area contributed by atoms with Crippen molar-refractivity contribution in [3.8, 4) is 0 Å². The molecule has 15 heavy (non-hydrogen) atoms. The molecule has 80 valence electrons. The number of nitrogens with two attached hydrogens (primary N) is 1. The molecule has 0 unspecified atom stereocenters. The van der Waals surface area contributed by atoms with Crippen molar-refractivity contribution in [2.75, 3.05) is 17.2 Å². The topological polar surface area (TPSA) is 93.2 Å². The van der Waals surface area contributed by atoms with E-state index in [9.17, 15) is 9.59 Å². The van der Waals surface area contributed by atoms with Gasteiger partial charge in [0.2, 0.25) is 5.91 Å². The van der Waals surface area contributed by atoms with Crippen LogP contribution in [-0.2, 0) is 11.8 Å². The molecule has 0 bridgehead atoms. The van der Waals surface area contributed by atoms with E-state index in [1.807, 2.05) is 0 Å². The van der Waals surface area contributed by atoms with E-state index in [1.165, 1.54) is 9.58 Å². The number of carbonyl (C=O) groups excluding carboxylic acids is 2. The average Bonchev–Trinajstić information content (AvgIpc) is 2.46. The molecule has 1 aliphatic rings. The highest BCUT2D eigenvalue weighted by molar-refractivity contribution is 6.05. The molecular weight excluding hydrogens is 198 g/mol. The smallest absolute Gasteiger partial charge is 0.329 e. The van der Waals surface area contributed by atoms with Gasteiger partial charge in [-0.15, -0.1) is 0 Å². The van der Waals surface area contributed by atoms with Crippen molar-refractivity contribution in [3.63, 3.8) is 0 Å². The van der Waals surface area contributed by atoms with E-state index in [1.54, 1.807) is 13.1 Å². The molecule has 1 fully saturated rings. The van der Waals surface area contributed by atoms with Crippen LogP contribution in [0.25, 0.3) is 0 Å². The fraction of sp³-hybridized carbons (Fsp3) is 0.375. The number of hydrogen-bond acceptors (Lipinski definition) is 4. The Morgan fingerprint density at radius 3 is 2.80 bits per heavy atom. The maximum Gasteiger partial charge on any atom is 0.329 e. The molecule has 0 aromatic carbocycles. The van der Waals surface area contributed by atoms with Gasteiger partial charge in [0.25, 0.3) is 0 Å². The van der Waals surface area contributed by atoms with Gasteiger partial charge < -0.3 is 5.73 Å². The molecule has 1 saturated heterocycles. The van der Waals surface area contributed by atoms with Crippen molar-refractivity contribution in [3.05, 3.63) is 6.07 Å². The van der Waals surface area contributed by atoms with Crippen molar-refractivity contribution in [1.29, 1.82) is 0 Å². The van der Waals surface area contributed by atoms with Crippen LogP contribution >= 0.6 is 0 Å². The molecule has 7 heteroatoms. The Bertz CT molecular complexity index is 405. The van der Waals surface area contributed by atoms with E-state index >= 15 is 0 Å². The first-order chi connectivity index (χ1) is 7.08. The Hall–Kier alpha value is -2.05. The first kappa shape index (κ1) is 9.50. The molecule has 0 radical (unpaired) electrons. The zero-order valence-electron chi connectivity index (χ0n) is 8.23. The largest absolute Gasteiger partial charge is 0.384 e. The number of anilines is 2. The number of urea groups is 1. The summed E-state index contributed by atoms with van der Waals surface area (Å²) in [5.74, 6) is 0.662. The van der Waals surface area contributed by atoms with Crippen molar-refractivity contribution in [2.45, 2.75) is 6.42 Å². The fourth-order valence-corrected chi connectivity index (χ4v) is 1.38. The van der Waals surface area contributed by atoms with Crippen LogP contribution in [0.1, 0.15) is 6.42 Å². The summed E-state index contributed by atoms with van der Waals surface area (Å²) in [5.41, 5.74) is 5.60. The third kappa shape index (κ3) is 1.63. The van der Waals surface area contributed by atoms with Gasteiger partial charge in [0, 0.05) is 26.1 Å². The first-order valence-electron chi connectivity index (χ1n) is 4.49. The summed E-state index contributed by atoms with van der Waals surface area (Å²) < 4.78 is 1.47. The zero-order valence-corrected chi connectivity index (χ0v) is 8.23. The van der Waals surface area contributed by atoms with Crippen LogP contribution in [0.4, 0.5) is 16.4 Å². The number of aryl methyl sites for hydroxylation is 1. The van der Waals surface area contributed by atoms with Crippen LogP contribution in [0.5, 0.6) is 0 Å². The number of imide groups is 1. The van der Waals surface area contributed by atoms with E-state index in [-0.39, 0.29) is 12.3 Å². The van der Waals surface area contributed by atoms with Crippen molar-refractivity contribution in [1.82, 2.24) is 15.1 Å². The molecule has 0 spiro atoms. The maximum atomic E-state index is 11.4. The number of nitrogens with one attached hydrogen (secondary N) is 1. The van der Waals surface area contributed by atoms with Crippen LogP contribution < -0.4 is 16.0 Å². The predicted molar refractivity (Wildman–Crippen MR) is 53.1 cm³/mol. The Kier molecular flexibility index (Phi) is 2.07. The standard InChI is InChI=1S/C8H11N5O2/c1-12-5(9)4-6(11-12)13-3-2-7(14)10-8(13)15/h4H,2-3,9H2,1H3,(H,10,14,15). The summed E-state index contributed by atoms with van der Waals surface area (Å²) in [4.78, 5) is 23.7. The molecule has 0 saturated carbocycles. The summed E-state index contributed by atoms with van der Waals surface area (Å²) in [7, 11) is 1.69. The first-order valence-corrected chi connectivity index (χ1v) is 4.49. The molecule has 0 aliphatic carbocycles. The zero-order chi connectivity index (χ0) is 11.0. The fourth-order valence-electron chi connectivity index (χ4n) is 1.38. The highest BCUT2D eigenvalue weighted by Gasteiger charge is 2.26. The van der Waals surface area contributed by atoms with Crippen LogP contribution in [-0.4, -0.2) is 28.3 Å². The summed E-state index contributed by atoms with van der Waals surface area (Å²) in [5, 5.41) is 6.27. The Morgan fingerprint density at radius 2 is 2.27 bits per heavy atom. The lowest BCUT2D eigenvalue weighted by Gasteiger charge is -2.23. The van der Waals surface area contributed by atoms with E-state index in [0.29, 0.717) is 18.2 Å². The van der Waals surface area contributed by atoms with Gasteiger partial charge in [-0.3, -0.25) is 19.7 Å². The minimum atomic E-state index is -0.454. The lowest BCUT2D eigenvalue weighted by molar-refractivity contribution is -0.120. The lowest BCUT2D eigenvalue weighted by Crippen LogP contribution is -2.49. The number of amides is 3. The van der Waals surface area contributed by atoms with Crippen LogP contribution in [0.15, 0.2) is 6.07 Å². The van der Waals surface area contributed by atoms with Gasteiger partial charge in [-0.2, -0.15) is 5.10 Å². The molecule has 2 heterocycles. The van der Waals surface area contributed by atoms with E-state index in [0.717, 1.165) is 0 Å². The lowest BCUT2D eigenvalue weighted by atomic mass is 10.3. The van der Waals surface area contributed by atoms with Gasteiger partial charge in [-0.1, -0.05) is 0 Å². The Morgan fingerprint density at radius 1 is 1.53 bits per heavy atom. The van der Waals surface area contributed by atoms with E-state index in [4.69, 9.17) is 5.73 Å². The second kappa shape index (κ2) is 3.26. The highest BCUT2D eigenvalue weighted by Crippen LogP contribution is 2.17. The summed E-state index contributed by atoms with van der Waals surface area (Å²) >= 11 is 0.